The number of allylic oxidation sites excluding steroid dienone is 1. The number of carboxylic acids is 1. The normalized spacial score (nSPS) is 14.1. The zero-order valence-electron chi connectivity index (χ0n) is 18.3. The molecular weight excluding hydrogens is 360 g/mol. The highest BCUT2D eigenvalue weighted by Crippen LogP contribution is 2.25. The number of rotatable bonds is 8. The number of nitrogens with one attached hydrogen (secondary N) is 1. The van der Waals surface area contributed by atoms with Crippen molar-refractivity contribution in [2.24, 2.45) is 0 Å². The van der Waals surface area contributed by atoms with E-state index in [0.717, 1.165) is 29.9 Å². The smallest absolute Gasteiger partial charge is 0.337 e. The average molecular weight is 395 g/mol. The summed E-state index contributed by atoms with van der Waals surface area (Å²) in [4.78, 5) is 12.0. The van der Waals surface area contributed by atoms with Crippen molar-refractivity contribution in [3.8, 4) is 0 Å². The molecule has 0 saturated carbocycles. The SMILES string of the molecule is Cc1ccc(C)c(Cn2c(C)c(CNCCC3=CCCCC3)c(C(=O)O)c2C)c1. The van der Waals surface area contributed by atoms with Crippen molar-refractivity contribution in [3.63, 3.8) is 0 Å². The van der Waals surface area contributed by atoms with Crippen LogP contribution in [0.4, 0.5) is 0 Å². The van der Waals surface area contributed by atoms with Crippen molar-refractivity contribution in [2.45, 2.75) is 72.9 Å². The summed E-state index contributed by atoms with van der Waals surface area (Å²) in [7, 11) is 0. The summed E-state index contributed by atoms with van der Waals surface area (Å²) in [5.41, 5.74) is 8.50. The van der Waals surface area contributed by atoms with E-state index in [0.29, 0.717) is 18.7 Å². The second-order valence-electron chi connectivity index (χ2n) is 8.38. The van der Waals surface area contributed by atoms with Crippen molar-refractivity contribution < 1.29 is 9.90 Å². The van der Waals surface area contributed by atoms with E-state index in [2.05, 4.69) is 48.0 Å². The van der Waals surface area contributed by atoms with Crippen LogP contribution >= 0.6 is 0 Å². The molecule has 0 spiro atoms. The molecule has 0 fully saturated rings. The number of hydrogen-bond acceptors (Lipinski definition) is 2. The van der Waals surface area contributed by atoms with Gasteiger partial charge in [0, 0.05) is 30.0 Å². The molecule has 1 aromatic heterocycles. The lowest BCUT2D eigenvalue weighted by molar-refractivity contribution is 0.0694. The van der Waals surface area contributed by atoms with Gasteiger partial charge < -0.3 is 15.0 Å². The number of hydrogen-bond donors (Lipinski definition) is 2. The van der Waals surface area contributed by atoms with Gasteiger partial charge >= 0.3 is 5.97 Å². The molecule has 1 aliphatic carbocycles. The molecule has 1 aliphatic rings. The van der Waals surface area contributed by atoms with Crippen LogP contribution in [-0.4, -0.2) is 22.2 Å². The Hall–Kier alpha value is -2.33. The van der Waals surface area contributed by atoms with Gasteiger partial charge in [-0.1, -0.05) is 35.4 Å². The number of carboxylic acid groups (broad SMARTS) is 1. The third kappa shape index (κ3) is 4.99. The number of benzene rings is 1. The summed E-state index contributed by atoms with van der Waals surface area (Å²) >= 11 is 0. The van der Waals surface area contributed by atoms with Gasteiger partial charge in [-0.05, 0) is 77.5 Å². The first-order valence-corrected chi connectivity index (χ1v) is 10.7. The minimum absolute atomic E-state index is 0.456. The maximum absolute atomic E-state index is 12.0. The van der Waals surface area contributed by atoms with E-state index in [1.54, 1.807) is 5.57 Å². The summed E-state index contributed by atoms with van der Waals surface area (Å²) in [5.74, 6) is -0.836. The average Bonchev–Trinajstić information content (AvgIpc) is 2.93. The number of aryl methyl sites for hydroxylation is 2. The fourth-order valence-electron chi connectivity index (χ4n) is 4.42. The molecule has 3 rings (SSSR count). The van der Waals surface area contributed by atoms with Gasteiger partial charge in [0.1, 0.15) is 0 Å². The van der Waals surface area contributed by atoms with Gasteiger partial charge in [0.2, 0.25) is 0 Å². The maximum atomic E-state index is 12.0. The molecule has 0 atom stereocenters. The Kier molecular flexibility index (Phi) is 6.96. The quantitative estimate of drug-likeness (QED) is 0.462. The van der Waals surface area contributed by atoms with Crippen molar-refractivity contribution >= 4 is 5.97 Å². The molecule has 156 valence electrons. The first-order chi connectivity index (χ1) is 13.9. The molecule has 0 amide bonds. The predicted octanol–water partition coefficient (Wildman–Crippen LogP) is 5.45. The Balaban J connectivity index is 1.77. The molecule has 2 aromatic rings. The van der Waals surface area contributed by atoms with Crippen LogP contribution in [0.2, 0.25) is 0 Å². The fourth-order valence-corrected chi connectivity index (χ4v) is 4.42. The van der Waals surface area contributed by atoms with Crippen molar-refractivity contribution in [3.05, 3.63) is 69.1 Å². The lowest BCUT2D eigenvalue weighted by Crippen LogP contribution is -2.18. The zero-order chi connectivity index (χ0) is 21.0. The third-order valence-electron chi connectivity index (χ3n) is 6.27. The predicted molar refractivity (Wildman–Crippen MR) is 119 cm³/mol. The number of carbonyl (C=O) groups is 1. The van der Waals surface area contributed by atoms with E-state index >= 15 is 0 Å². The van der Waals surface area contributed by atoms with Gasteiger partial charge in [0.25, 0.3) is 0 Å². The van der Waals surface area contributed by atoms with E-state index in [4.69, 9.17) is 0 Å². The number of aromatic nitrogens is 1. The van der Waals surface area contributed by atoms with E-state index in [9.17, 15) is 9.90 Å². The number of nitrogens with zero attached hydrogens (tertiary/aromatic N) is 1. The Labute approximate surface area is 174 Å². The first kappa shape index (κ1) is 21.4. The first-order valence-electron chi connectivity index (χ1n) is 10.7. The van der Waals surface area contributed by atoms with Gasteiger partial charge in [-0.2, -0.15) is 0 Å². The van der Waals surface area contributed by atoms with E-state index in [1.807, 2.05) is 13.8 Å². The van der Waals surface area contributed by atoms with Crippen LogP contribution in [0.25, 0.3) is 0 Å². The van der Waals surface area contributed by atoms with Gasteiger partial charge in [-0.25, -0.2) is 4.79 Å². The summed E-state index contributed by atoms with van der Waals surface area (Å²) in [6, 6.07) is 6.46. The molecular formula is C25H34N2O2. The van der Waals surface area contributed by atoms with Crippen LogP contribution in [0.3, 0.4) is 0 Å². The van der Waals surface area contributed by atoms with E-state index in [1.165, 1.54) is 42.4 Å². The van der Waals surface area contributed by atoms with E-state index in [-0.39, 0.29) is 0 Å². The number of aromatic carboxylic acids is 1. The van der Waals surface area contributed by atoms with Crippen molar-refractivity contribution in [1.29, 1.82) is 0 Å². The molecule has 4 nitrogen and oxygen atoms in total. The summed E-state index contributed by atoms with van der Waals surface area (Å²) in [6.07, 6.45) is 8.47. The Bertz CT molecular complexity index is 921. The highest BCUT2D eigenvalue weighted by molar-refractivity contribution is 5.91. The Morgan fingerprint density at radius 1 is 1.14 bits per heavy atom. The molecule has 0 unspecified atom stereocenters. The van der Waals surface area contributed by atoms with Crippen LogP contribution in [-0.2, 0) is 13.1 Å². The fraction of sp³-hybridized carbons (Fsp3) is 0.480. The summed E-state index contributed by atoms with van der Waals surface area (Å²) < 4.78 is 2.16. The van der Waals surface area contributed by atoms with Gasteiger partial charge in [0.05, 0.1) is 5.56 Å². The maximum Gasteiger partial charge on any atom is 0.337 e. The van der Waals surface area contributed by atoms with Gasteiger partial charge in [-0.3, -0.25) is 0 Å². The molecule has 4 heteroatoms. The Morgan fingerprint density at radius 3 is 2.62 bits per heavy atom. The molecule has 29 heavy (non-hydrogen) atoms. The second-order valence-corrected chi connectivity index (χ2v) is 8.38. The molecule has 1 aromatic carbocycles. The summed E-state index contributed by atoms with van der Waals surface area (Å²) in [5, 5.41) is 13.4. The van der Waals surface area contributed by atoms with Crippen molar-refractivity contribution in [2.75, 3.05) is 6.54 Å². The van der Waals surface area contributed by atoms with Crippen LogP contribution in [0.1, 0.15) is 76.1 Å². The molecule has 0 bridgehead atoms. The molecule has 1 heterocycles. The Morgan fingerprint density at radius 2 is 1.93 bits per heavy atom. The lowest BCUT2D eigenvalue weighted by Gasteiger charge is -2.14. The molecule has 0 radical (unpaired) electrons. The third-order valence-corrected chi connectivity index (χ3v) is 6.27. The topological polar surface area (TPSA) is 54.3 Å². The van der Waals surface area contributed by atoms with Crippen LogP contribution in [0, 0.1) is 27.7 Å². The van der Waals surface area contributed by atoms with Gasteiger partial charge in [0.15, 0.2) is 0 Å². The molecule has 2 N–H and O–H groups in total. The lowest BCUT2D eigenvalue weighted by atomic mass is 9.97. The summed E-state index contributed by atoms with van der Waals surface area (Å²) in [6.45, 7) is 10.4. The van der Waals surface area contributed by atoms with Crippen LogP contribution < -0.4 is 5.32 Å². The standard InChI is InChI=1S/C25H34N2O2/c1-17-10-11-18(2)22(14-17)16-27-19(3)23(24(20(27)4)25(28)29)15-26-13-12-21-8-6-5-7-9-21/h8,10-11,14,26H,5-7,9,12-13,15-16H2,1-4H3,(H,28,29). The van der Waals surface area contributed by atoms with E-state index < -0.39 is 5.97 Å². The largest absolute Gasteiger partial charge is 0.478 e. The molecule has 0 saturated heterocycles. The highest BCUT2D eigenvalue weighted by atomic mass is 16.4. The minimum Gasteiger partial charge on any atom is -0.478 e. The van der Waals surface area contributed by atoms with Gasteiger partial charge in [-0.15, -0.1) is 0 Å². The monoisotopic (exact) mass is 394 g/mol. The van der Waals surface area contributed by atoms with Crippen LogP contribution in [0.15, 0.2) is 29.8 Å². The zero-order valence-corrected chi connectivity index (χ0v) is 18.3. The van der Waals surface area contributed by atoms with Crippen LogP contribution in [0.5, 0.6) is 0 Å². The molecule has 0 aliphatic heterocycles. The minimum atomic E-state index is -0.836. The van der Waals surface area contributed by atoms with Crippen molar-refractivity contribution in [1.82, 2.24) is 9.88 Å². The second kappa shape index (κ2) is 9.45. The highest BCUT2D eigenvalue weighted by Gasteiger charge is 2.22.